The maximum absolute atomic E-state index is 5.34. The molecule has 3 heteroatoms. The van der Waals surface area contributed by atoms with E-state index in [-0.39, 0.29) is 0 Å². The van der Waals surface area contributed by atoms with E-state index in [4.69, 9.17) is 4.74 Å². The zero-order valence-electron chi connectivity index (χ0n) is 13.3. The van der Waals surface area contributed by atoms with Crippen LogP contribution in [0, 0.1) is 5.92 Å². The summed E-state index contributed by atoms with van der Waals surface area (Å²) in [6.45, 7) is 3.39. The minimum absolute atomic E-state index is 0.672. The molecule has 1 aliphatic rings. The van der Waals surface area contributed by atoms with E-state index < -0.39 is 0 Å². The molecule has 1 unspecified atom stereocenters. The molecule has 1 aromatic rings. The molecule has 0 aliphatic heterocycles. The molecule has 1 saturated carbocycles. The number of methoxy groups -OCH3 is 1. The Balaban J connectivity index is 1.96. The number of hydrogen-bond donors (Lipinski definition) is 1. The van der Waals surface area contributed by atoms with Gasteiger partial charge in [-0.05, 0) is 68.3 Å². The molecule has 2 nitrogen and oxygen atoms in total. The highest BCUT2D eigenvalue weighted by Crippen LogP contribution is 2.31. The molecule has 0 aromatic heterocycles. The van der Waals surface area contributed by atoms with Crippen LogP contribution in [0.15, 0.2) is 22.7 Å². The van der Waals surface area contributed by atoms with Gasteiger partial charge in [-0.2, -0.15) is 0 Å². The molecule has 0 spiro atoms. The van der Waals surface area contributed by atoms with E-state index in [9.17, 15) is 0 Å². The summed E-state index contributed by atoms with van der Waals surface area (Å²) in [6, 6.07) is 6.94. The average Bonchev–Trinajstić information content (AvgIpc) is 3.03. The molecule has 0 amide bonds. The van der Waals surface area contributed by atoms with Crippen LogP contribution in [0.3, 0.4) is 0 Å². The molecule has 1 fully saturated rings. The minimum Gasteiger partial charge on any atom is -0.497 e. The molecule has 1 atom stereocenters. The number of ether oxygens (including phenoxy) is 1. The first-order valence-corrected chi connectivity index (χ1v) is 9.09. The van der Waals surface area contributed by atoms with Crippen molar-refractivity contribution in [3.8, 4) is 5.75 Å². The lowest BCUT2D eigenvalue weighted by Gasteiger charge is -2.25. The van der Waals surface area contributed by atoms with Crippen molar-refractivity contribution in [2.24, 2.45) is 5.92 Å². The van der Waals surface area contributed by atoms with Crippen LogP contribution in [0.5, 0.6) is 5.75 Å². The largest absolute Gasteiger partial charge is 0.497 e. The van der Waals surface area contributed by atoms with Gasteiger partial charge in [-0.25, -0.2) is 0 Å². The van der Waals surface area contributed by atoms with Crippen LogP contribution in [0.2, 0.25) is 0 Å². The molecule has 0 heterocycles. The maximum atomic E-state index is 5.34. The molecule has 0 bridgehead atoms. The Bertz CT molecular complexity index is 429. The fraction of sp³-hybridized carbons (Fsp3) is 0.667. The van der Waals surface area contributed by atoms with E-state index in [1.165, 1.54) is 48.6 Å². The number of nitrogens with one attached hydrogen (secondary N) is 1. The van der Waals surface area contributed by atoms with Crippen LogP contribution in [0.25, 0.3) is 0 Å². The number of hydrogen-bond acceptors (Lipinski definition) is 2. The fourth-order valence-corrected chi connectivity index (χ4v) is 3.82. The molecule has 2 rings (SSSR count). The van der Waals surface area contributed by atoms with Gasteiger partial charge >= 0.3 is 0 Å². The highest BCUT2D eigenvalue weighted by molar-refractivity contribution is 9.10. The number of halogens is 1. The van der Waals surface area contributed by atoms with Gasteiger partial charge in [0.15, 0.2) is 0 Å². The Morgan fingerprint density at radius 2 is 2.10 bits per heavy atom. The molecular formula is C18H28BrNO. The molecule has 1 aromatic carbocycles. The van der Waals surface area contributed by atoms with Gasteiger partial charge in [-0.3, -0.25) is 0 Å². The van der Waals surface area contributed by atoms with Crippen molar-refractivity contribution in [3.05, 3.63) is 28.2 Å². The van der Waals surface area contributed by atoms with Crippen molar-refractivity contribution >= 4 is 15.9 Å². The van der Waals surface area contributed by atoms with Crippen LogP contribution >= 0.6 is 15.9 Å². The lowest BCUT2D eigenvalue weighted by molar-refractivity contribution is 0.340. The summed E-state index contributed by atoms with van der Waals surface area (Å²) >= 11 is 3.67. The SMILES string of the molecule is CCCNC(CCc1cc(OC)ccc1Br)C1CCCC1. The smallest absolute Gasteiger partial charge is 0.119 e. The summed E-state index contributed by atoms with van der Waals surface area (Å²) in [7, 11) is 1.73. The van der Waals surface area contributed by atoms with E-state index >= 15 is 0 Å². The molecule has 0 radical (unpaired) electrons. The third kappa shape index (κ3) is 5.00. The van der Waals surface area contributed by atoms with Gasteiger partial charge in [-0.15, -0.1) is 0 Å². The summed E-state index contributed by atoms with van der Waals surface area (Å²) < 4.78 is 6.54. The van der Waals surface area contributed by atoms with Crippen LogP contribution in [-0.4, -0.2) is 19.7 Å². The first-order valence-electron chi connectivity index (χ1n) is 8.30. The highest BCUT2D eigenvalue weighted by atomic mass is 79.9. The Labute approximate surface area is 137 Å². The number of aryl methyl sites for hydroxylation is 1. The summed E-state index contributed by atoms with van der Waals surface area (Å²) in [5.74, 6) is 1.83. The quantitative estimate of drug-likeness (QED) is 0.713. The van der Waals surface area contributed by atoms with Gasteiger partial charge in [0.05, 0.1) is 7.11 Å². The topological polar surface area (TPSA) is 21.3 Å². The van der Waals surface area contributed by atoms with Crippen LogP contribution in [0.4, 0.5) is 0 Å². The van der Waals surface area contributed by atoms with Gasteiger partial charge < -0.3 is 10.1 Å². The van der Waals surface area contributed by atoms with Crippen molar-refractivity contribution in [1.82, 2.24) is 5.32 Å². The van der Waals surface area contributed by atoms with E-state index in [0.717, 1.165) is 24.6 Å². The maximum Gasteiger partial charge on any atom is 0.119 e. The minimum atomic E-state index is 0.672. The van der Waals surface area contributed by atoms with Crippen molar-refractivity contribution in [2.75, 3.05) is 13.7 Å². The van der Waals surface area contributed by atoms with Gasteiger partial charge in [-0.1, -0.05) is 35.7 Å². The first kappa shape index (κ1) is 16.8. The first-order chi connectivity index (χ1) is 10.2. The highest BCUT2D eigenvalue weighted by Gasteiger charge is 2.24. The van der Waals surface area contributed by atoms with Gasteiger partial charge in [0.2, 0.25) is 0 Å². The lowest BCUT2D eigenvalue weighted by Crippen LogP contribution is -2.36. The summed E-state index contributed by atoms with van der Waals surface area (Å²) in [4.78, 5) is 0. The molecule has 1 aliphatic carbocycles. The average molecular weight is 354 g/mol. The van der Waals surface area contributed by atoms with E-state index in [2.05, 4.69) is 40.3 Å². The Morgan fingerprint density at radius 3 is 2.76 bits per heavy atom. The summed E-state index contributed by atoms with van der Waals surface area (Å²) in [6.07, 6.45) is 9.18. The van der Waals surface area contributed by atoms with Crippen LogP contribution in [-0.2, 0) is 6.42 Å². The predicted molar refractivity (Wildman–Crippen MR) is 93.1 cm³/mol. The molecule has 1 N–H and O–H groups in total. The summed E-state index contributed by atoms with van der Waals surface area (Å²) in [5.41, 5.74) is 1.36. The normalized spacial score (nSPS) is 17.1. The monoisotopic (exact) mass is 353 g/mol. The second-order valence-electron chi connectivity index (χ2n) is 6.10. The zero-order chi connectivity index (χ0) is 15.1. The third-order valence-electron chi connectivity index (χ3n) is 4.60. The Kier molecular flexibility index (Phi) is 7.05. The molecule has 21 heavy (non-hydrogen) atoms. The third-order valence-corrected chi connectivity index (χ3v) is 5.38. The standard InChI is InChI=1S/C18H28BrNO/c1-3-12-20-18(14-6-4-5-7-14)11-8-15-13-16(21-2)9-10-17(15)19/h9-10,13-14,18,20H,3-8,11-12H2,1-2H3. The van der Waals surface area contributed by atoms with Crippen molar-refractivity contribution in [3.63, 3.8) is 0 Å². The molecule has 118 valence electrons. The predicted octanol–water partition coefficient (Wildman–Crippen LogP) is 4.95. The second kappa shape index (κ2) is 8.79. The van der Waals surface area contributed by atoms with Crippen LogP contribution < -0.4 is 10.1 Å². The number of rotatable bonds is 8. The van der Waals surface area contributed by atoms with Crippen molar-refractivity contribution < 1.29 is 4.74 Å². The zero-order valence-corrected chi connectivity index (χ0v) is 14.9. The van der Waals surface area contributed by atoms with Gasteiger partial charge in [0.25, 0.3) is 0 Å². The van der Waals surface area contributed by atoms with Gasteiger partial charge in [0, 0.05) is 10.5 Å². The van der Waals surface area contributed by atoms with Crippen molar-refractivity contribution in [2.45, 2.75) is 57.9 Å². The summed E-state index contributed by atoms with van der Waals surface area (Å²) in [5, 5.41) is 3.78. The Hall–Kier alpha value is -0.540. The molecular weight excluding hydrogens is 326 g/mol. The van der Waals surface area contributed by atoms with E-state index in [1.807, 2.05) is 6.07 Å². The van der Waals surface area contributed by atoms with Gasteiger partial charge in [0.1, 0.15) is 5.75 Å². The van der Waals surface area contributed by atoms with Crippen molar-refractivity contribution in [1.29, 1.82) is 0 Å². The fourth-order valence-electron chi connectivity index (χ4n) is 3.37. The Morgan fingerprint density at radius 1 is 1.33 bits per heavy atom. The van der Waals surface area contributed by atoms with E-state index in [1.54, 1.807) is 7.11 Å². The van der Waals surface area contributed by atoms with Crippen LogP contribution in [0.1, 0.15) is 51.0 Å². The lowest BCUT2D eigenvalue weighted by atomic mass is 9.92. The number of benzene rings is 1. The van der Waals surface area contributed by atoms with E-state index in [0.29, 0.717) is 6.04 Å². The second-order valence-corrected chi connectivity index (χ2v) is 6.96. The molecule has 0 saturated heterocycles.